The van der Waals surface area contributed by atoms with Crippen LogP contribution in [0.5, 0.6) is 0 Å². The molecule has 1 saturated carbocycles. The summed E-state index contributed by atoms with van der Waals surface area (Å²) in [5, 5.41) is 25.8. The smallest absolute Gasteiger partial charge is 0.306 e. The minimum absolute atomic E-state index is 0.206. The molecule has 14 heteroatoms. The van der Waals surface area contributed by atoms with Crippen molar-refractivity contribution < 1.29 is 19.5 Å². The van der Waals surface area contributed by atoms with Gasteiger partial charge in [0.2, 0.25) is 0 Å². The number of benzene rings is 2. The van der Waals surface area contributed by atoms with Crippen LogP contribution in [-0.4, -0.2) is 78.0 Å². The minimum atomic E-state index is -0.677. The number of nitrogens with zero attached hydrogens (tertiary/aromatic N) is 7. The summed E-state index contributed by atoms with van der Waals surface area (Å²) in [5.41, 5.74) is 5.83. The average molecular weight is 752 g/mol. The molecule has 2 aromatic heterocycles. The maximum atomic E-state index is 13.7. The molecule has 2 aliphatic heterocycles. The lowest BCUT2D eigenvalue weighted by atomic mass is 9.80. The molecule has 54 heavy (non-hydrogen) atoms. The van der Waals surface area contributed by atoms with Gasteiger partial charge in [0, 0.05) is 75.6 Å². The maximum Gasteiger partial charge on any atom is 0.306 e. The van der Waals surface area contributed by atoms with E-state index in [-0.39, 0.29) is 28.2 Å². The molecule has 2 aromatic carbocycles. The van der Waals surface area contributed by atoms with Crippen LogP contribution in [0.3, 0.4) is 0 Å². The SMILES string of the molecule is CCN1CCc2c(nc(C(=O)Nc3cccc(-c4cccc(NC(=O)c5nc6c(n5C)CCN(CCC5CCC(C(=O)O)CC5)C6)c4C#N)c3Cl)n2C)C1. The first-order chi connectivity index (χ1) is 26.1. The van der Waals surface area contributed by atoms with Crippen molar-refractivity contribution in [1.82, 2.24) is 28.9 Å². The van der Waals surface area contributed by atoms with Gasteiger partial charge >= 0.3 is 5.97 Å². The highest BCUT2D eigenvalue weighted by atomic mass is 35.5. The number of hydrogen-bond acceptors (Lipinski definition) is 8. The number of carboxylic acids is 1. The van der Waals surface area contributed by atoms with Gasteiger partial charge in [-0.25, -0.2) is 9.97 Å². The number of imidazole rings is 2. The van der Waals surface area contributed by atoms with Gasteiger partial charge in [-0.2, -0.15) is 5.26 Å². The van der Waals surface area contributed by atoms with Crippen molar-refractivity contribution in [3.05, 3.63) is 81.4 Å². The molecule has 13 nitrogen and oxygen atoms in total. The van der Waals surface area contributed by atoms with E-state index in [2.05, 4.69) is 38.4 Å². The van der Waals surface area contributed by atoms with E-state index in [1.54, 1.807) is 36.4 Å². The number of nitrogens with one attached hydrogen (secondary N) is 2. The lowest BCUT2D eigenvalue weighted by molar-refractivity contribution is -0.143. The van der Waals surface area contributed by atoms with Gasteiger partial charge in [0.25, 0.3) is 11.8 Å². The Hall–Kier alpha value is -5.03. The van der Waals surface area contributed by atoms with E-state index in [0.29, 0.717) is 47.3 Å². The highest BCUT2D eigenvalue weighted by Crippen LogP contribution is 2.38. The highest BCUT2D eigenvalue weighted by Gasteiger charge is 2.30. The van der Waals surface area contributed by atoms with E-state index in [1.807, 2.05) is 23.2 Å². The fraction of sp³-hybridized carbons (Fsp3) is 0.450. The first-order valence-electron chi connectivity index (χ1n) is 18.8. The summed E-state index contributed by atoms with van der Waals surface area (Å²) < 4.78 is 3.69. The molecule has 2 amide bonds. The Labute approximate surface area is 319 Å². The monoisotopic (exact) mass is 751 g/mol. The van der Waals surface area contributed by atoms with Crippen LogP contribution in [0.1, 0.15) is 88.6 Å². The summed E-state index contributed by atoms with van der Waals surface area (Å²) >= 11 is 6.93. The largest absolute Gasteiger partial charge is 0.481 e. The van der Waals surface area contributed by atoms with Crippen LogP contribution in [0.4, 0.5) is 11.4 Å². The van der Waals surface area contributed by atoms with Crippen LogP contribution in [0.15, 0.2) is 36.4 Å². The van der Waals surface area contributed by atoms with E-state index in [4.69, 9.17) is 16.6 Å². The van der Waals surface area contributed by atoms with Gasteiger partial charge in [-0.3, -0.25) is 24.2 Å². The molecular weight excluding hydrogens is 706 g/mol. The Kier molecular flexibility index (Phi) is 10.9. The number of halogens is 1. The molecule has 282 valence electrons. The maximum absolute atomic E-state index is 13.7. The zero-order chi connectivity index (χ0) is 38.1. The van der Waals surface area contributed by atoms with Crippen molar-refractivity contribution in [2.75, 3.05) is 36.8 Å². The van der Waals surface area contributed by atoms with Crippen LogP contribution in [0, 0.1) is 23.2 Å². The minimum Gasteiger partial charge on any atom is -0.481 e. The predicted octanol–water partition coefficient (Wildman–Crippen LogP) is 5.87. The number of carbonyl (C=O) groups excluding carboxylic acids is 2. The van der Waals surface area contributed by atoms with Crippen molar-refractivity contribution in [2.24, 2.45) is 25.9 Å². The Balaban J connectivity index is 1.04. The van der Waals surface area contributed by atoms with Crippen molar-refractivity contribution in [1.29, 1.82) is 5.26 Å². The number of aromatic nitrogens is 4. The van der Waals surface area contributed by atoms with E-state index in [9.17, 15) is 24.8 Å². The second-order valence-corrected chi connectivity index (χ2v) is 15.1. The first kappa shape index (κ1) is 37.3. The van der Waals surface area contributed by atoms with Crippen LogP contribution < -0.4 is 10.6 Å². The van der Waals surface area contributed by atoms with Gasteiger partial charge < -0.3 is 24.9 Å². The Bertz CT molecular complexity index is 2140. The molecule has 0 radical (unpaired) electrons. The summed E-state index contributed by atoms with van der Waals surface area (Å²) in [4.78, 5) is 52.6. The summed E-state index contributed by atoms with van der Waals surface area (Å²) in [5.74, 6) is -0.569. The lowest BCUT2D eigenvalue weighted by Crippen LogP contribution is -2.33. The van der Waals surface area contributed by atoms with Gasteiger partial charge in [-0.05, 0) is 63.2 Å². The molecule has 4 aromatic rings. The second-order valence-electron chi connectivity index (χ2n) is 14.7. The van der Waals surface area contributed by atoms with E-state index in [0.717, 1.165) is 93.9 Å². The quantitative estimate of drug-likeness (QED) is 0.180. The molecule has 0 atom stereocenters. The molecule has 1 fully saturated rings. The number of likely N-dealkylation sites (N-methyl/N-ethyl adjacent to an activating group) is 1. The number of anilines is 2. The molecule has 3 N–H and O–H groups in total. The molecule has 0 bridgehead atoms. The number of nitriles is 1. The van der Waals surface area contributed by atoms with Gasteiger partial charge in [0.05, 0.1) is 39.3 Å². The molecular formula is C40H46ClN9O4. The summed E-state index contributed by atoms with van der Waals surface area (Å²) in [6.07, 6.45) is 6.03. The van der Waals surface area contributed by atoms with E-state index < -0.39 is 11.9 Å². The molecule has 7 rings (SSSR count). The zero-order valence-electron chi connectivity index (χ0n) is 31.0. The second kappa shape index (κ2) is 15.8. The number of amides is 2. The third-order valence-electron chi connectivity index (χ3n) is 11.5. The zero-order valence-corrected chi connectivity index (χ0v) is 31.7. The molecule has 0 unspecified atom stereocenters. The van der Waals surface area contributed by atoms with Crippen molar-refractivity contribution in [3.8, 4) is 17.2 Å². The Morgan fingerprint density at radius 2 is 1.41 bits per heavy atom. The van der Waals surface area contributed by atoms with Gasteiger partial charge in [0.15, 0.2) is 11.6 Å². The van der Waals surface area contributed by atoms with Crippen molar-refractivity contribution >= 4 is 40.8 Å². The van der Waals surface area contributed by atoms with Crippen molar-refractivity contribution in [2.45, 2.75) is 65.0 Å². The topological polar surface area (TPSA) is 161 Å². The fourth-order valence-electron chi connectivity index (χ4n) is 8.29. The van der Waals surface area contributed by atoms with Crippen molar-refractivity contribution in [3.63, 3.8) is 0 Å². The highest BCUT2D eigenvalue weighted by molar-refractivity contribution is 6.36. The summed E-state index contributed by atoms with van der Waals surface area (Å²) in [6, 6.07) is 12.7. The first-order valence-corrected chi connectivity index (χ1v) is 19.1. The van der Waals surface area contributed by atoms with Gasteiger partial charge in [-0.1, -0.05) is 42.8 Å². The van der Waals surface area contributed by atoms with Gasteiger partial charge in [0.1, 0.15) is 6.07 Å². The number of hydrogen-bond donors (Lipinski definition) is 3. The van der Waals surface area contributed by atoms with Crippen LogP contribution in [-0.2, 0) is 44.8 Å². The van der Waals surface area contributed by atoms with Crippen LogP contribution in [0.25, 0.3) is 11.1 Å². The van der Waals surface area contributed by atoms with Crippen LogP contribution >= 0.6 is 11.6 Å². The third kappa shape index (κ3) is 7.38. The Morgan fingerprint density at radius 1 is 0.852 bits per heavy atom. The lowest BCUT2D eigenvalue weighted by Gasteiger charge is -2.30. The van der Waals surface area contributed by atoms with E-state index >= 15 is 0 Å². The molecule has 0 spiro atoms. The molecule has 0 saturated heterocycles. The fourth-order valence-corrected chi connectivity index (χ4v) is 8.56. The molecule has 3 aliphatic rings. The van der Waals surface area contributed by atoms with E-state index in [1.165, 1.54) is 0 Å². The summed E-state index contributed by atoms with van der Waals surface area (Å²) in [7, 11) is 3.70. The average Bonchev–Trinajstić information content (AvgIpc) is 3.69. The molecule has 1 aliphatic carbocycles. The normalized spacial score (nSPS) is 18.7. The van der Waals surface area contributed by atoms with Crippen LogP contribution in [0.2, 0.25) is 5.02 Å². The van der Waals surface area contributed by atoms with Gasteiger partial charge in [-0.15, -0.1) is 0 Å². The summed E-state index contributed by atoms with van der Waals surface area (Å²) in [6.45, 7) is 7.07. The number of rotatable bonds is 10. The standard InChI is InChI=1S/C40H46ClN9O4/c1-4-49-19-16-33-31(22-49)43-37(47(33)2)39(52)46-30-10-6-8-27(35(30)41)26-7-5-9-29(28(26)21-42)45-38(51)36-44-32-23-50(20-17-34(32)48(36)3)18-15-24-11-13-25(14-12-24)40(53)54/h5-10,24-25H,4,11-20,22-23H2,1-3H3,(H,45,51)(H,46,52)(H,53,54). The third-order valence-corrected chi connectivity index (χ3v) is 11.9. The number of fused-ring (bicyclic) bond motifs is 2. The number of aliphatic carboxylic acids is 1. The molecule has 4 heterocycles. The number of carboxylic acid groups (broad SMARTS) is 1. The number of carbonyl (C=O) groups is 3. The predicted molar refractivity (Wildman–Crippen MR) is 205 cm³/mol. The Morgan fingerprint density at radius 3 is 2.00 bits per heavy atom.